The summed E-state index contributed by atoms with van der Waals surface area (Å²) in [7, 11) is 4.31. The van der Waals surface area contributed by atoms with Crippen LogP contribution >= 0.6 is 11.6 Å². The number of fused-ring (bicyclic) bond motifs is 4. The first kappa shape index (κ1) is 40.8. The normalized spacial score (nSPS) is 30.2. The van der Waals surface area contributed by atoms with E-state index < -0.39 is 53.9 Å². The highest BCUT2D eigenvalue weighted by molar-refractivity contribution is 6.36. The molecule has 1 saturated heterocycles. The lowest BCUT2D eigenvalue weighted by molar-refractivity contribution is -0.148. The quantitative estimate of drug-likeness (QED) is 0.165. The number of aromatic nitrogens is 1. The van der Waals surface area contributed by atoms with E-state index in [0.29, 0.717) is 60.1 Å². The lowest BCUT2D eigenvalue weighted by Gasteiger charge is -2.29. The molecule has 15 nitrogen and oxygen atoms in total. The number of halogens is 1. The molecule has 0 spiro atoms. The number of amides is 3. The third-order valence-corrected chi connectivity index (χ3v) is 12.2. The van der Waals surface area contributed by atoms with Crippen LogP contribution in [0.5, 0.6) is 17.4 Å². The molecule has 1 aromatic carbocycles. The number of carbonyl (C=O) groups is 4. The summed E-state index contributed by atoms with van der Waals surface area (Å²) in [6, 6.07) is 3.13. The second-order valence-electron chi connectivity index (χ2n) is 15.6. The first-order valence-corrected chi connectivity index (χ1v) is 20.4. The van der Waals surface area contributed by atoms with Gasteiger partial charge in [-0.1, -0.05) is 36.6 Å². The number of nitrogens with zero attached hydrogens (tertiary/aromatic N) is 2. The van der Waals surface area contributed by atoms with Gasteiger partial charge in [-0.3, -0.25) is 9.59 Å². The smallest absolute Gasteiger partial charge is 0.408 e. The molecular weight excluding hydrogens is 760 g/mol. The van der Waals surface area contributed by atoms with Crippen LogP contribution in [-0.2, 0) is 33.3 Å². The van der Waals surface area contributed by atoms with Gasteiger partial charge in [0.2, 0.25) is 17.7 Å². The molecule has 3 saturated carbocycles. The van der Waals surface area contributed by atoms with E-state index >= 15 is 0 Å². The summed E-state index contributed by atoms with van der Waals surface area (Å²) in [5, 5.41) is 6.60. The van der Waals surface area contributed by atoms with E-state index in [9.17, 15) is 19.2 Å². The first-order valence-electron chi connectivity index (χ1n) is 20.0. The van der Waals surface area contributed by atoms with Crippen molar-refractivity contribution in [3.63, 3.8) is 0 Å². The Balaban J connectivity index is 1.17. The maximum absolute atomic E-state index is 14.6. The van der Waals surface area contributed by atoms with Gasteiger partial charge < -0.3 is 48.7 Å². The number of methoxy groups -OCH3 is 3. The fraction of sp³-hybridized carbons (Fsp3) is 0.634. The Labute approximate surface area is 337 Å². The minimum Gasteiger partial charge on any atom is -0.488 e. The Morgan fingerprint density at radius 3 is 2.54 bits per heavy atom. The van der Waals surface area contributed by atoms with Crippen LogP contribution in [0.2, 0.25) is 5.02 Å². The molecule has 57 heavy (non-hydrogen) atoms. The van der Waals surface area contributed by atoms with Crippen LogP contribution in [-0.4, -0.2) is 111 Å². The topological polar surface area (TPSA) is 173 Å². The van der Waals surface area contributed by atoms with Gasteiger partial charge >= 0.3 is 12.1 Å². The standard InChI is InChI=1S/C41H53ClN4O11/c1-5-54-33-19-32(28-13-14-31(35(42)36(28)44-33)55-22-34(51-2)52-3)56-27-18-30-37(47)45-41(39(49)53-4)20-25(41)11-9-7-6-8-10-12-29(38(48)46(30)21-27)43-40(50)57-26-16-23-15-24(23)17-26/h9,11,13-14,19,23-27,29-30,34H,5-8,10,12,15-18,20-22H2,1-4H3,(H,43,50)(H,45,47)/b11-9-/t23-,24+,25-,26+,27-,29+,30+,41-/m1/s1. The average Bonchev–Trinajstić information content (AvgIpc) is 4.00. The Bertz CT molecular complexity index is 1850. The summed E-state index contributed by atoms with van der Waals surface area (Å²) in [4.78, 5) is 61.5. The van der Waals surface area contributed by atoms with Crippen LogP contribution in [0.25, 0.3) is 10.9 Å². The van der Waals surface area contributed by atoms with E-state index in [0.717, 1.165) is 32.1 Å². The number of hydrogen-bond acceptors (Lipinski definition) is 12. The minimum atomic E-state index is -1.24. The van der Waals surface area contributed by atoms with Crippen LogP contribution in [0.15, 0.2) is 30.4 Å². The number of allylic oxidation sites excluding steroid dienone is 1. The average molecular weight is 813 g/mol. The third kappa shape index (κ3) is 9.05. The number of alkyl carbamates (subject to hydrolysis) is 1. The van der Waals surface area contributed by atoms with E-state index in [1.54, 1.807) is 18.2 Å². The van der Waals surface area contributed by atoms with Crippen LogP contribution < -0.4 is 24.8 Å². The van der Waals surface area contributed by atoms with Crippen LogP contribution in [0.4, 0.5) is 4.79 Å². The van der Waals surface area contributed by atoms with Crippen molar-refractivity contribution in [2.45, 2.75) is 107 Å². The molecule has 2 aliphatic heterocycles. The lowest BCUT2D eigenvalue weighted by atomic mass is 10.0. The van der Waals surface area contributed by atoms with E-state index in [-0.39, 0.29) is 42.5 Å². The summed E-state index contributed by atoms with van der Waals surface area (Å²) < 4.78 is 39.8. The summed E-state index contributed by atoms with van der Waals surface area (Å²) in [6.45, 7) is 2.24. The highest BCUT2D eigenvalue weighted by Crippen LogP contribution is 2.52. The lowest BCUT2D eigenvalue weighted by Crippen LogP contribution is -2.56. The predicted molar refractivity (Wildman–Crippen MR) is 207 cm³/mol. The van der Waals surface area contributed by atoms with Gasteiger partial charge in [0.25, 0.3) is 0 Å². The van der Waals surface area contributed by atoms with Crippen LogP contribution in [0.1, 0.15) is 71.1 Å². The molecule has 3 heterocycles. The van der Waals surface area contributed by atoms with Gasteiger partial charge in [0.05, 0.1) is 20.3 Å². The zero-order chi connectivity index (χ0) is 40.3. The van der Waals surface area contributed by atoms with E-state index in [1.165, 1.54) is 32.7 Å². The molecule has 7 rings (SSSR count). The van der Waals surface area contributed by atoms with Crippen molar-refractivity contribution in [3.05, 3.63) is 35.4 Å². The SMILES string of the molecule is CCOc1cc(O[C@@H]2C[C@H]3C(=O)N[C@]4(C(=O)OC)C[C@H]4/C=C\CCCCC[C@H](NC(=O)O[C@@H]4C[C@@H]5C[C@@H]5C4)C(=O)N3C2)c2ccc(OCC(OC)OC)c(Cl)c2n1. The van der Waals surface area contributed by atoms with E-state index in [2.05, 4.69) is 15.6 Å². The molecule has 1 aromatic heterocycles. The molecule has 0 bridgehead atoms. The maximum atomic E-state index is 14.6. The van der Waals surface area contributed by atoms with Gasteiger partial charge in [0.15, 0.2) is 6.29 Å². The predicted octanol–water partition coefficient (Wildman–Crippen LogP) is 5.09. The number of pyridine rings is 1. The zero-order valence-electron chi connectivity index (χ0n) is 33.0. The van der Waals surface area contributed by atoms with Gasteiger partial charge in [-0.2, -0.15) is 0 Å². The van der Waals surface area contributed by atoms with E-state index in [4.69, 9.17) is 44.8 Å². The summed E-state index contributed by atoms with van der Waals surface area (Å²) in [5.74, 6) is 0.488. The molecule has 3 aliphatic carbocycles. The highest BCUT2D eigenvalue weighted by atomic mass is 35.5. The second kappa shape index (κ2) is 17.7. The molecule has 3 amide bonds. The number of benzene rings is 1. The fourth-order valence-corrected chi connectivity index (χ4v) is 8.85. The van der Waals surface area contributed by atoms with Gasteiger partial charge in [0.1, 0.15) is 58.5 Å². The minimum absolute atomic E-state index is 0.0167. The summed E-state index contributed by atoms with van der Waals surface area (Å²) in [6.07, 6.45) is 8.75. The molecule has 2 N–H and O–H groups in total. The van der Waals surface area contributed by atoms with Crippen molar-refractivity contribution in [1.29, 1.82) is 0 Å². The number of nitrogens with one attached hydrogen (secondary N) is 2. The number of ether oxygens (including phenoxy) is 7. The third-order valence-electron chi connectivity index (χ3n) is 11.9. The highest BCUT2D eigenvalue weighted by Gasteiger charge is 2.62. The van der Waals surface area contributed by atoms with Gasteiger partial charge in [0, 0.05) is 38.0 Å². The Morgan fingerprint density at radius 2 is 1.81 bits per heavy atom. The largest absolute Gasteiger partial charge is 0.488 e. The van der Waals surface area contributed by atoms with Crippen molar-refractivity contribution in [2.75, 3.05) is 41.1 Å². The first-order chi connectivity index (χ1) is 27.6. The molecular formula is C41H53ClN4O11. The summed E-state index contributed by atoms with van der Waals surface area (Å²) >= 11 is 6.85. The molecule has 0 radical (unpaired) electrons. The van der Waals surface area contributed by atoms with Gasteiger partial charge in [-0.25, -0.2) is 14.6 Å². The Kier molecular flexibility index (Phi) is 12.6. The van der Waals surface area contributed by atoms with Crippen molar-refractivity contribution in [1.82, 2.24) is 20.5 Å². The molecule has 16 heteroatoms. The zero-order valence-corrected chi connectivity index (χ0v) is 33.7. The molecule has 5 aliphatic rings. The summed E-state index contributed by atoms with van der Waals surface area (Å²) in [5.41, 5.74) is -0.880. The molecule has 8 atom stereocenters. The number of carbonyl (C=O) groups excluding carboxylic acids is 4. The monoisotopic (exact) mass is 812 g/mol. The van der Waals surface area contributed by atoms with E-state index in [1.807, 2.05) is 19.1 Å². The van der Waals surface area contributed by atoms with Crippen molar-refractivity contribution >= 4 is 46.4 Å². The number of esters is 1. The molecule has 0 unspecified atom stereocenters. The second-order valence-corrected chi connectivity index (χ2v) is 16.0. The van der Waals surface area contributed by atoms with Gasteiger partial charge in [-0.05, 0) is 75.8 Å². The Morgan fingerprint density at radius 1 is 1.02 bits per heavy atom. The molecule has 4 fully saturated rings. The maximum Gasteiger partial charge on any atom is 0.408 e. The molecule has 310 valence electrons. The fourth-order valence-electron chi connectivity index (χ4n) is 8.59. The van der Waals surface area contributed by atoms with Crippen molar-refractivity contribution < 1.29 is 52.3 Å². The molecule has 2 aromatic rings. The van der Waals surface area contributed by atoms with Crippen molar-refractivity contribution in [2.24, 2.45) is 17.8 Å². The van der Waals surface area contributed by atoms with Crippen LogP contribution in [0, 0.1) is 17.8 Å². The van der Waals surface area contributed by atoms with Gasteiger partial charge in [-0.15, -0.1) is 0 Å². The number of rotatable bonds is 12. The Hall–Kier alpha value is -4.34. The van der Waals surface area contributed by atoms with Crippen molar-refractivity contribution in [3.8, 4) is 17.4 Å². The number of hydrogen-bond donors (Lipinski definition) is 2. The van der Waals surface area contributed by atoms with Crippen LogP contribution in [0.3, 0.4) is 0 Å².